The van der Waals surface area contributed by atoms with E-state index in [9.17, 15) is 4.79 Å². The maximum atomic E-state index is 11.8. The average molecular weight is 341 g/mol. The van der Waals surface area contributed by atoms with E-state index in [1.807, 2.05) is 21.6 Å². The van der Waals surface area contributed by atoms with Gasteiger partial charge in [0.25, 0.3) is 0 Å². The monoisotopic (exact) mass is 340 g/mol. The molecule has 2 N–H and O–H groups in total. The minimum absolute atomic E-state index is 0.257. The van der Waals surface area contributed by atoms with Crippen LogP contribution in [0.3, 0.4) is 0 Å². The van der Waals surface area contributed by atoms with E-state index in [-0.39, 0.29) is 6.03 Å². The van der Waals surface area contributed by atoms with Crippen LogP contribution < -0.4 is 10.6 Å². The Labute approximate surface area is 123 Å². The molecule has 2 amide bonds. The number of carbonyl (C=O) groups excluding carboxylic acids is 1. The largest absolute Gasteiger partial charge is 0.323 e. The standard InChI is InChI=1S/C12H13BrN4OS/c13-10-6-19-7-11(10)16-12(18)15-8-4-14-17(5-8)9-2-1-3-9/h4-7,9H,1-3H2,(H2,15,16,18). The smallest absolute Gasteiger partial charge is 0.306 e. The van der Waals surface area contributed by atoms with Gasteiger partial charge in [-0.05, 0) is 35.2 Å². The predicted octanol–water partition coefficient (Wildman–Crippen LogP) is 4.08. The molecule has 0 radical (unpaired) electrons. The zero-order valence-corrected chi connectivity index (χ0v) is 12.5. The predicted molar refractivity (Wildman–Crippen MR) is 79.8 cm³/mol. The molecule has 19 heavy (non-hydrogen) atoms. The fourth-order valence-electron chi connectivity index (χ4n) is 1.91. The minimum Gasteiger partial charge on any atom is -0.306 e. The van der Waals surface area contributed by atoms with E-state index in [2.05, 4.69) is 31.7 Å². The third-order valence-electron chi connectivity index (χ3n) is 3.17. The van der Waals surface area contributed by atoms with Gasteiger partial charge in [-0.3, -0.25) is 4.68 Å². The third-order valence-corrected chi connectivity index (χ3v) is 4.87. The molecule has 2 aromatic heterocycles. The molecule has 3 rings (SSSR count). The molecule has 1 aliphatic rings. The molecule has 100 valence electrons. The maximum absolute atomic E-state index is 11.8. The van der Waals surface area contributed by atoms with Crippen molar-refractivity contribution in [2.45, 2.75) is 25.3 Å². The highest BCUT2D eigenvalue weighted by molar-refractivity contribution is 9.10. The summed E-state index contributed by atoms with van der Waals surface area (Å²) in [4.78, 5) is 11.8. The van der Waals surface area contributed by atoms with Crippen molar-refractivity contribution in [3.63, 3.8) is 0 Å². The average Bonchev–Trinajstić information content (AvgIpc) is 2.88. The molecule has 1 saturated carbocycles. The lowest BCUT2D eigenvalue weighted by Crippen LogP contribution is -2.19. The van der Waals surface area contributed by atoms with E-state index in [1.165, 1.54) is 30.6 Å². The summed E-state index contributed by atoms with van der Waals surface area (Å²) in [6, 6.07) is 0.247. The number of halogens is 1. The number of anilines is 2. The Morgan fingerprint density at radius 2 is 2.26 bits per heavy atom. The number of nitrogens with zero attached hydrogens (tertiary/aromatic N) is 2. The number of rotatable bonds is 3. The SMILES string of the molecule is O=C(Nc1cnn(C2CCC2)c1)Nc1cscc1Br. The van der Waals surface area contributed by atoms with Crippen molar-refractivity contribution < 1.29 is 4.79 Å². The zero-order valence-electron chi connectivity index (χ0n) is 10.1. The first-order valence-electron chi connectivity index (χ1n) is 6.06. The Kier molecular flexibility index (Phi) is 3.56. The summed E-state index contributed by atoms with van der Waals surface area (Å²) in [5.41, 5.74) is 1.49. The molecular weight excluding hydrogens is 328 g/mol. The molecule has 0 saturated heterocycles. The number of hydrogen-bond acceptors (Lipinski definition) is 3. The van der Waals surface area contributed by atoms with Gasteiger partial charge in [-0.1, -0.05) is 0 Å². The molecule has 1 aliphatic carbocycles. The Morgan fingerprint density at radius 1 is 1.42 bits per heavy atom. The molecule has 7 heteroatoms. The summed E-state index contributed by atoms with van der Waals surface area (Å²) in [6.45, 7) is 0. The van der Waals surface area contributed by atoms with E-state index in [0.717, 1.165) is 15.8 Å². The molecule has 0 bridgehead atoms. The third kappa shape index (κ3) is 2.82. The van der Waals surface area contributed by atoms with Gasteiger partial charge in [0.15, 0.2) is 0 Å². The molecular formula is C12H13BrN4OS. The lowest BCUT2D eigenvalue weighted by Gasteiger charge is -2.25. The first kappa shape index (κ1) is 12.7. The molecule has 2 heterocycles. The number of amides is 2. The van der Waals surface area contributed by atoms with Crippen LogP contribution in [0.1, 0.15) is 25.3 Å². The fourth-order valence-corrected chi connectivity index (χ4v) is 3.23. The van der Waals surface area contributed by atoms with Crippen LogP contribution in [0.5, 0.6) is 0 Å². The minimum atomic E-state index is -0.257. The summed E-state index contributed by atoms with van der Waals surface area (Å²) in [6.07, 6.45) is 7.18. The van der Waals surface area contributed by atoms with Crippen LogP contribution in [0.4, 0.5) is 16.2 Å². The molecule has 0 unspecified atom stereocenters. The lowest BCUT2D eigenvalue weighted by atomic mass is 9.93. The van der Waals surface area contributed by atoms with Crippen LogP contribution >= 0.6 is 27.3 Å². The number of urea groups is 1. The topological polar surface area (TPSA) is 59.0 Å². The van der Waals surface area contributed by atoms with Crippen LogP contribution in [0.15, 0.2) is 27.6 Å². The van der Waals surface area contributed by atoms with Crippen LogP contribution in [0, 0.1) is 0 Å². The Balaban J connectivity index is 1.60. The van der Waals surface area contributed by atoms with Gasteiger partial charge in [0.1, 0.15) is 0 Å². The van der Waals surface area contributed by atoms with Crippen LogP contribution in [0.25, 0.3) is 0 Å². The van der Waals surface area contributed by atoms with Crippen molar-refractivity contribution in [2.75, 3.05) is 10.6 Å². The molecule has 2 aromatic rings. The Hall–Kier alpha value is -1.34. The fraction of sp³-hybridized carbons (Fsp3) is 0.333. The van der Waals surface area contributed by atoms with Gasteiger partial charge < -0.3 is 10.6 Å². The number of nitrogens with one attached hydrogen (secondary N) is 2. The van der Waals surface area contributed by atoms with E-state index in [0.29, 0.717) is 6.04 Å². The number of carbonyl (C=O) groups is 1. The summed E-state index contributed by atoms with van der Waals surface area (Å²) < 4.78 is 2.82. The van der Waals surface area contributed by atoms with Gasteiger partial charge in [0.05, 0.1) is 28.1 Å². The van der Waals surface area contributed by atoms with Crippen molar-refractivity contribution in [1.82, 2.24) is 9.78 Å². The van der Waals surface area contributed by atoms with Gasteiger partial charge in [0.2, 0.25) is 0 Å². The highest BCUT2D eigenvalue weighted by atomic mass is 79.9. The Morgan fingerprint density at radius 3 is 2.89 bits per heavy atom. The second-order valence-electron chi connectivity index (χ2n) is 4.51. The molecule has 0 spiro atoms. The maximum Gasteiger partial charge on any atom is 0.323 e. The van der Waals surface area contributed by atoms with Gasteiger partial charge in [-0.25, -0.2) is 4.79 Å². The summed E-state index contributed by atoms with van der Waals surface area (Å²) in [5.74, 6) is 0. The summed E-state index contributed by atoms with van der Waals surface area (Å²) in [5, 5.41) is 13.6. The number of hydrogen-bond donors (Lipinski definition) is 2. The molecule has 0 atom stereocenters. The van der Waals surface area contributed by atoms with E-state index >= 15 is 0 Å². The number of aromatic nitrogens is 2. The molecule has 0 aliphatic heterocycles. The summed E-state index contributed by atoms with van der Waals surface area (Å²) in [7, 11) is 0. The highest BCUT2D eigenvalue weighted by Gasteiger charge is 2.20. The van der Waals surface area contributed by atoms with E-state index in [1.54, 1.807) is 6.20 Å². The van der Waals surface area contributed by atoms with Crippen molar-refractivity contribution in [3.05, 3.63) is 27.6 Å². The first-order valence-corrected chi connectivity index (χ1v) is 7.80. The quantitative estimate of drug-likeness (QED) is 0.884. The van der Waals surface area contributed by atoms with Crippen molar-refractivity contribution in [3.8, 4) is 0 Å². The van der Waals surface area contributed by atoms with Crippen molar-refractivity contribution in [1.29, 1.82) is 0 Å². The number of thiophene rings is 1. The molecule has 5 nitrogen and oxygen atoms in total. The van der Waals surface area contributed by atoms with Gasteiger partial charge in [-0.2, -0.15) is 5.10 Å². The zero-order chi connectivity index (χ0) is 13.2. The molecule has 1 fully saturated rings. The van der Waals surface area contributed by atoms with Gasteiger partial charge in [-0.15, -0.1) is 11.3 Å². The second-order valence-corrected chi connectivity index (χ2v) is 6.10. The highest BCUT2D eigenvalue weighted by Crippen LogP contribution is 2.31. The van der Waals surface area contributed by atoms with Gasteiger partial charge >= 0.3 is 6.03 Å². The second kappa shape index (κ2) is 5.34. The first-order chi connectivity index (χ1) is 9.22. The summed E-state index contributed by atoms with van der Waals surface area (Å²) >= 11 is 4.90. The van der Waals surface area contributed by atoms with Crippen LogP contribution in [-0.2, 0) is 0 Å². The van der Waals surface area contributed by atoms with E-state index < -0.39 is 0 Å². The molecule has 0 aromatic carbocycles. The van der Waals surface area contributed by atoms with Crippen molar-refractivity contribution >= 4 is 44.7 Å². The van der Waals surface area contributed by atoms with Gasteiger partial charge in [0, 0.05) is 17.0 Å². The van der Waals surface area contributed by atoms with Crippen LogP contribution in [0.2, 0.25) is 0 Å². The van der Waals surface area contributed by atoms with Crippen LogP contribution in [-0.4, -0.2) is 15.8 Å². The lowest BCUT2D eigenvalue weighted by molar-refractivity contribution is 0.262. The Bertz CT molecular complexity index is 590. The van der Waals surface area contributed by atoms with Crippen molar-refractivity contribution in [2.24, 2.45) is 0 Å². The normalized spacial score (nSPS) is 15.0. The van der Waals surface area contributed by atoms with E-state index in [4.69, 9.17) is 0 Å².